The van der Waals surface area contributed by atoms with E-state index in [1.165, 1.54) is 12.7 Å². The molecule has 53 heavy (non-hydrogen) atoms. The zero-order chi connectivity index (χ0) is 36.3. The van der Waals surface area contributed by atoms with Gasteiger partial charge in [-0.1, -0.05) is 31.6 Å². The van der Waals surface area contributed by atoms with Crippen molar-refractivity contribution in [3.63, 3.8) is 0 Å². The van der Waals surface area contributed by atoms with Crippen molar-refractivity contribution in [1.82, 2.24) is 39.4 Å². The summed E-state index contributed by atoms with van der Waals surface area (Å²) in [4.78, 5) is 17.5. The van der Waals surface area contributed by atoms with Crippen LogP contribution in [0.1, 0.15) is 145 Å². The van der Waals surface area contributed by atoms with Crippen LogP contribution in [-0.2, 0) is 12.8 Å². The number of nitrogen functional groups attached to an aromatic ring is 2. The molecule has 2 fully saturated rings. The van der Waals surface area contributed by atoms with E-state index in [-0.39, 0.29) is 31.3 Å². The van der Waals surface area contributed by atoms with E-state index in [1.807, 2.05) is 0 Å². The van der Waals surface area contributed by atoms with Gasteiger partial charge in [0, 0.05) is 46.4 Å². The molecule has 0 amide bonds. The second-order valence-corrected chi connectivity index (χ2v) is 15.9. The van der Waals surface area contributed by atoms with Gasteiger partial charge in [-0.2, -0.15) is 0 Å². The molecule has 4 atom stereocenters. The van der Waals surface area contributed by atoms with Gasteiger partial charge in [0.25, 0.3) is 0 Å². The fourth-order valence-corrected chi connectivity index (χ4v) is 8.67. The fourth-order valence-electron chi connectivity index (χ4n) is 8.67. The molecule has 10 rings (SSSR count). The van der Waals surface area contributed by atoms with E-state index >= 15 is 0 Å². The number of aliphatic hydroxyl groups is 2. The first kappa shape index (κ1) is 35.2. The molecular formula is C39H50N10O4. The fraction of sp³-hybridized carbons (Fsp3) is 0.538. The Morgan fingerprint density at radius 2 is 1.04 bits per heavy atom. The van der Waals surface area contributed by atoms with Gasteiger partial charge in [-0.3, -0.25) is 0 Å². The first-order chi connectivity index (χ1) is 25.0. The Balaban J connectivity index is 0.000000148. The van der Waals surface area contributed by atoms with E-state index in [4.69, 9.17) is 20.5 Å². The monoisotopic (exact) mass is 722 g/mol. The van der Waals surface area contributed by atoms with E-state index < -0.39 is 12.2 Å². The van der Waals surface area contributed by atoms with Crippen molar-refractivity contribution in [2.45, 2.75) is 124 Å². The third kappa shape index (κ3) is 5.27. The van der Waals surface area contributed by atoms with Crippen molar-refractivity contribution in [2.75, 3.05) is 11.5 Å². The number of aliphatic hydroxyl groups excluding tert-OH is 2. The van der Waals surface area contributed by atoms with E-state index in [2.05, 4.69) is 80.9 Å². The molecule has 14 heteroatoms. The Morgan fingerprint density at radius 1 is 0.660 bits per heavy atom. The largest absolute Gasteiger partial charge is 0.388 e. The van der Waals surface area contributed by atoms with Crippen molar-refractivity contribution < 1.29 is 19.3 Å². The molecule has 280 valence electrons. The number of nitrogens with two attached hydrogens (primary N) is 2. The van der Waals surface area contributed by atoms with Gasteiger partial charge in [-0.05, 0) is 78.1 Å². The minimum Gasteiger partial charge on any atom is -0.388 e. The van der Waals surface area contributed by atoms with E-state index in [1.54, 1.807) is 0 Å². The highest BCUT2D eigenvalue weighted by atomic mass is 16.5. The van der Waals surface area contributed by atoms with Crippen molar-refractivity contribution in [1.29, 1.82) is 0 Å². The minimum atomic E-state index is -0.597. The van der Waals surface area contributed by atoms with Gasteiger partial charge in [-0.15, -0.1) is 0 Å². The lowest BCUT2D eigenvalue weighted by molar-refractivity contribution is 0.116. The summed E-state index contributed by atoms with van der Waals surface area (Å²) in [5.41, 5.74) is 21.3. The first-order valence-electron chi connectivity index (χ1n) is 18.6. The standard InChI is InChI=1S/2C19H23N5O2.CH4/c2*1-8(2)24-11-6-9(3)16(25)14-15(23-26-17(14)10-4-5-10)12(11)13-18(20)21-7-22-19(13)24;/h2*7-10,16,25H,4-6H2,1-3H3,(H2,20,21,22);1H4/t2*9-,16+;/m10./s1. The smallest absolute Gasteiger partial charge is 0.146 e. The van der Waals surface area contributed by atoms with E-state index in [0.29, 0.717) is 34.9 Å². The van der Waals surface area contributed by atoms with Crippen LogP contribution in [0.5, 0.6) is 0 Å². The van der Waals surface area contributed by atoms with E-state index in [9.17, 15) is 10.2 Å². The summed E-state index contributed by atoms with van der Waals surface area (Å²) in [6.07, 6.45) is 7.64. The number of fused-ring (bicyclic) bond motifs is 10. The van der Waals surface area contributed by atoms with Gasteiger partial charge in [-0.25, -0.2) is 19.9 Å². The highest BCUT2D eigenvalue weighted by molar-refractivity contribution is 6.03. The van der Waals surface area contributed by atoms with Crippen molar-refractivity contribution in [2.24, 2.45) is 11.8 Å². The van der Waals surface area contributed by atoms with Crippen LogP contribution in [0.3, 0.4) is 0 Å². The lowest BCUT2D eigenvalue weighted by Gasteiger charge is -2.19. The number of hydrogen-bond acceptors (Lipinski definition) is 12. The molecule has 0 aromatic carbocycles. The Morgan fingerprint density at radius 3 is 1.38 bits per heavy atom. The molecule has 14 nitrogen and oxygen atoms in total. The van der Waals surface area contributed by atoms with Crippen LogP contribution in [0.15, 0.2) is 21.7 Å². The van der Waals surface area contributed by atoms with Crippen LogP contribution in [-0.4, -0.2) is 49.6 Å². The van der Waals surface area contributed by atoms with Gasteiger partial charge in [0.15, 0.2) is 0 Å². The molecular weight excluding hydrogens is 672 g/mol. The predicted octanol–water partition coefficient (Wildman–Crippen LogP) is 7.34. The second kappa shape index (κ2) is 12.7. The van der Waals surface area contributed by atoms with Crippen LogP contribution in [0.2, 0.25) is 0 Å². The van der Waals surface area contributed by atoms with Crippen LogP contribution >= 0.6 is 0 Å². The van der Waals surface area contributed by atoms with Crippen LogP contribution in [0.25, 0.3) is 44.6 Å². The van der Waals surface area contributed by atoms with Gasteiger partial charge in [0.05, 0.1) is 34.1 Å². The molecule has 2 saturated carbocycles. The highest BCUT2D eigenvalue weighted by Gasteiger charge is 2.43. The highest BCUT2D eigenvalue weighted by Crippen LogP contribution is 2.53. The maximum Gasteiger partial charge on any atom is 0.146 e. The molecule has 4 aliphatic carbocycles. The van der Waals surface area contributed by atoms with Gasteiger partial charge in [0.1, 0.15) is 58.5 Å². The molecule has 4 aliphatic rings. The molecule has 6 N–H and O–H groups in total. The molecule has 0 aliphatic heterocycles. The summed E-state index contributed by atoms with van der Waals surface area (Å²) >= 11 is 0. The molecule has 0 radical (unpaired) electrons. The maximum absolute atomic E-state index is 11.0. The third-order valence-corrected chi connectivity index (χ3v) is 11.4. The summed E-state index contributed by atoms with van der Waals surface area (Å²) in [6.45, 7) is 12.7. The Bertz CT molecular complexity index is 2190. The average molecular weight is 723 g/mol. The SMILES string of the molecule is C.CC(C)n1c2c(c3c(N)ncnc31)-c1noc(C3CC3)c1[C@@H](O)[C@H](C)C2.CC(C)n1c2c(c3c(N)ncnc31)-c1noc(C3CC3)c1[C@H](O)[C@@H](C)C2. The minimum absolute atomic E-state index is 0. The van der Waals surface area contributed by atoms with Crippen molar-refractivity contribution >= 4 is 33.7 Å². The van der Waals surface area contributed by atoms with Crippen LogP contribution in [0.4, 0.5) is 11.6 Å². The Hall–Kier alpha value is -4.82. The van der Waals surface area contributed by atoms with Crippen molar-refractivity contribution in [3.05, 3.63) is 46.7 Å². The molecule has 0 bridgehead atoms. The van der Waals surface area contributed by atoms with Crippen LogP contribution in [0, 0.1) is 11.8 Å². The molecule has 6 aromatic heterocycles. The number of aromatic nitrogens is 8. The van der Waals surface area contributed by atoms with Crippen LogP contribution < -0.4 is 11.5 Å². The summed E-state index contributed by atoms with van der Waals surface area (Å²) in [7, 11) is 0. The molecule has 0 spiro atoms. The number of rotatable bonds is 4. The van der Waals surface area contributed by atoms with Gasteiger partial charge >= 0.3 is 0 Å². The number of hydrogen-bond donors (Lipinski definition) is 4. The zero-order valence-electron chi connectivity index (χ0n) is 30.5. The molecule has 0 unspecified atom stereocenters. The van der Waals surface area contributed by atoms with Gasteiger partial charge in [0.2, 0.25) is 0 Å². The molecule has 6 heterocycles. The molecule has 6 aromatic rings. The second-order valence-electron chi connectivity index (χ2n) is 15.9. The average Bonchev–Trinajstić information content (AvgIpc) is 4.00. The summed E-state index contributed by atoms with van der Waals surface area (Å²) in [6, 6.07) is 0.410. The number of anilines is 2. The first-order valence-corrected chi connectivity index (χ1v) is 18.6. The van der Waals surface area contributed by atoms with E-state index in [0.717, 1.165) is 106 Å². The third-order valence-electron chi connectivity index (χ3n) is 11.4. The quantitative estimate of drug-likeness (QED) is 0.141. The lowest BCUT2D eigenvalue weighted by Crippen LogP contribution is -2.14. The topological polar surface area (TPSA) is 206 Å². The summed E-state index contributed by atoms with van der Waals surface area (Å²) < 4.78 is 15.9. The van der Waals surface area contributed by atoms with Gasteiger partial charge < -0.3 is 39.9 Å². The maximum atomic E-state index is 11.0. The normalized spacial score (nSPS) is 22.1. The predicted molar refractivity (Wildman–Crippen MR) is 202 cm³/mol. The number of nitrogens with zero attached hydrogens (tertiary/aromatic N) is 8. The summed E-state index contributed by atoms with van der Waals surface area (Å²) in [5.74, 6) is 3.41. The Kier molecular flexibility index (Phi) is 8.41. The lowest BCUT2D eigenvalue weighted by atomic mass is 9.94. The summed E-state index contributed by atoms with van der Waals surface area (Å²) in [5, 5.41) is 32.5. The zero-order valence-corrected chi connectivity index (χ0v) is 30.5. The molecule has 0 saturated heterocycles. The van der Waals surface area contributed by atoms with Crippen molar-refractivity contribution in [3.8, 4) is 22.5 Å². The Labute approximate surface area is 308 Å².